The Morgan fingerprint density at radius 2 is 0.727 bits per heavy atom. The highest BCUT2D eigenvalue weighted by Gasteiger charge is 2.25. The monoisotopic (exact) mass is 841 g/mol. The van der Waals surface area contributed by atoms with E-state index < -0.39 is 0 Å². The van der Waals surface area contributed by atoms with Gasteiger partial charge in [0.2, 0.25) is 5.95 Å². The number of fused-ring (bicyclic) bond motifs is 8. The second-order valence-electron chi connectivity index (χ2n) is 16.8. The molecule has 0 radical (unpaired) electrons. The van der Waals surface area contributed by atoms with Crippen LogP contribution in [0.1, 0.15) is 0 Å². The Morgan fingerprint density at radius 3 is 1.35 bits per heavy atom. The van der Waals surface area contributed by atoms with Gasteiger partial charge in [-0.2, -0.15) is 9.97 Å². The Hall–Kier alpha value is -8.93. The van der Waals surface area contributed by atoms with Gasteiger partial charge in [-0.3, -0.25) is 4.57 Å². The van der Waals surface area contributed by atoms with E-state index in [1.54, 1.807) is 0 Å². The number of hydrogen-bond donors (Lipinski definition) is 0. The lowest BCUT2D eigenvalue weighted by atomic mass is 9.97. The Labute approximate surface area is 381 Å². The predicted octanol–water partition coefficient (Wildman–Crippen LogP) is 15.6. The molecule has 3 heterocycles. The van der Waals surface area contributed by atoms with Gasteiger partial charge in [0.05, 0.1) is 27.8 Å². The predicted molar refractivity (Wildman–Crippen MR) is 273 cm³/mol. The molecular weight excluding hydrogens is 803 g/mol. The minimum absolute atomic E-state index is 0.558. The van der Waals surface area contributed by atoms with Gasteiger partial charge in [0.15, 0.2) is 11.6 Å². The van der Waals surface area contributed by atoms with Gasteiger partial charge in [0.1, 0.15) is 0 Å². The van der Waals surface area contributed by atoms with Crippen molar-refractivity contribution in [1.29, 1.82) is 0 Å². The van der Waals surface area contributed by atoms with E-state index in [0.717, 1.165) is 71.6 Å². The molecule has 0 saturated heterocycles. The van der Waals surface area contributed by atoms with Crippen molar-refractivity contribution >= 4 is 54.4 Å². The van der Waals surface area contributed by atoms with Gasteiger partial charge in [-0.25, -0.2) is 4.98 Å². The highest BCUT2D eigenvalue weighted by Crippen LogP contribution is 2.44. The first-order valence-electron chi connectivity index (χ1n) is 22.4. The van der Waals surface area contributed by atoms with Crippen LogP contribution in [0.5, 0.6) is 0 Å². The third kappa shape index (κ3) is 6.21. The summed E-state index contributed by atoms with van der Waals surface area (Å²) in [4.78, 5) is 15.8. The molecule has 13 aromatic rings. The largest absolute Gasteiger partial charge is 0.307 e. The van der Waals surface area contributed by atoms with E-state index in [9.17, 15) is 0 Å². The van der Waals surface area contributed by atoms with Crippen molar-refractivity contribution in [2.75, 3.05) is 0 Å². The quantitative estimate of drug-likeness (QED) is 0.161. The zero-order chi connectivity index (χ0) is 43.6. The second kappa shape index (κ2) is 15.4. The van der Waals surface area contributed by atoms with E-state index in [4.69, 9.17) is 15.0 Å². The first-order valence-corrected chi connectivity index (χ1v) is 22.4. The molecular formula is C61H39N5. The van der Waals surface area contributed by atoms with E-state index in [2.05, 4.69) is 209 Å². The summed E-state index contributed by atoms with van der Waals surface area (Å²) in [5.74, 6) is 1.79. The van der Waals surface area contributed by atoms with E-state index >= 15 is 0 Å². The van der Waals surface area contributed by atoms with Crippen LogP contribution < -0.4 is 0 Å². The van der Waals surface area contributed by atoms with Crippen molar-refractivity contribution in [3.8, 4) is 67.8 Å². The molecule has 0 unspecified atom stereocenters. The molecule has 0 aliphatic carbocycles. The van der Waals surface area contributed by atoms with Gasteiger partial charge in [0, 0.05) is 38.2 Å². The normalized spacial score (nSPS) is 11.6. The lowest BCUT2D eigenvalue weighted by molar-refractivity contribution is 0.954. The topological polar surface area (TPSA) is 48.5 Å². The molecule has 13 rings (SSSR count). The van der Waals surface area contributed by atoms with Crippen molar-refractivity contribution in [3.63, 3.8) is 0 Å². The maximum Gasteiger partial charge on any atom is 0.238 e. The average molecular weight is 842 g/mol. The Kier molecular flexibility index (Phi) is 8.78. The summed E-state index contributed by atoms with van der Waals surface area (Å²) in [7, 11) is 0. The zero-order valence-corrected chi connectivity index (χ0v) is 35.8. The van der Waals surface area contributed by atoms with Crippen LogP contribution in [0.3, 0.4) is 0 Å². The van der Waals surface area contributed by atoms with Crippen LogP contribution in [-0.4, -0.2) is 24.1 Å². The van der Waals surface area contributed by atoms with Gasteiger partial charge < -0.3 is 4.57 Å². The summed E-state index contributed by atoms with van der Waals surface area (Å²) in [6, 6.07) is 84.2. The fourth-order valence-corrected chi connectivity index (χ4v) is 9.83. The summed E-state index contributed by atoms with van der Waals surface area (Å²) in [5, 5.41) is 6.90. The van der Waals surface area contributed by atoms with Gasteiger partial charge in [-0.1, -0.05) is 212 Å². The molecule has 10 aromatic carbocycles. The number of nitrogens with zero attached hydrogens (tertiary/aromatic N) is 5. The second-order valence-corrected chi connectivity index (χ2v) is 16.8. The average Bonchev–Trinajstić information content (AvgIpc) is 3.91. The molecule has 0 atom stereocenters. The highest BCUT2D eigenvalue weighted by molar-refractivity contribution is 6.25. The summed E-state index contributed by atoms with van der Waals surface area (Å²) in [6.45, 7) is 0. The van der Waals surface area contributed by atoms with E-state index in [1.165, 1.54) is 33.0 Å². The maximum absolute atomic E-state index is 5.37. The van der Waals surface area contributed by atoms with Crippen LogP contribution >= 0.6 is 0 Å². The van der Waals surface area contributed by atoms with Gasteiger partial charge in [-0.05, 0) is 62.9 Å². The standard InChI is InChI=1S/C61H39N5/c1-4-16-40(17-5-1)41-28-30-42(31-29-41)43-32-34-44(35-33-43)49-24-12-14-26-54(49)65-55-27-15-13-25-50(55)51-36-37-52-53-38-47-22-10-11-23-48(47)39-56(53)66(58(52)57(51)65)61-63-59(45-18-6-2-7-19-45)62-60(64-61)46-20-8-3-9-21-46/h1-39H. The summed E-state index contributed by atoms with van der Waals surface area (Å²) >= 11 is 0. The fraction of sp³-hybridized carbons (Fsp3) is 0. The molecule has 0 N–H and O–H groups in total. The van der Waals surface area contributed by atoms with Crippen molar-refractivity contribution in [2.24, 2.45) is 0 Å². The molecule has 0 fully saturated rings. The molecule has 308 valence electrons. The van der Waals surface area contributed by atoms with Crippen molar-refractivity contribution < 1.29 is 0 Å². The Bertz CT molecular complexity index is 3890. The lowest BCUT2D eigenvalue weighted by Crippen LogP contribution is -2.07. The molecule has 0 saturated carbocycles. The fourth-order valence-electron chi connectivity index (χ4n) is 9.83. The van der Waals surface area contributed by atoms with Crippen LogP contribution in [0, 0.1) is 0 Å². The zero-order valence-electron chi connectivity index (χ0n) is 35.8. The summed E-state index contributed by atoms with van der Waals surface area (Å²) in [5.41, 5.74) is 14.2. The van der Waals surface area contributed by atoms with Crippen molar-refractivity contribution in [3.05, 3.63) is 237 Å². The Morgan fingerprint density at radius 1 is 0.273 bits per heavy atom. The number of benzene rings is 10. The molecule has 0 aliphatic rings. The van der Waals surface area contributed by atoms with Crippen LogP contribution in [0.25, 0.3) is 122 Å². The van der Waals surface area contributed by atoms with Crippen molar-refractivity contribution in [2.45, 2.75) is 0 Å². The number of aromatic nitrogens is 5. The summed E-state index contributed by atoms with van der Waals surface area (Å²) < 4.78 is 4.75. The molecule has 0 spiro atoms. The SMILES string of the molecule is c1ccc(-c2ccc(-c3ccc(-c4ccccc4-n4c5ccccc5c5ccc6c7cc8ccccc8cc7n(-c7nc(-c8ccccc8)nc(-c8ccccc8)n7)c6c54)cc3)cc2)cc1. The number of hydrogen-bond acceptors (Lipinski definition) is 3. The first kappa shape index (κ1) is 37.6. The van der Waals surface area contributed by atoms with Crippen molar-refractivity contribution in [1.82, 2.24) is 24.1 Å². The van der Waals surface area contributed by atoms with E-state index in [-0.39, 0.29) is 0 Å². The summed E-state index contributed by atoms with van der Waals surface area (Å²) in [6.07, 6.45) is 0. The first-order chi connectivity index (χ1) is 32.7. The molecule has 3 aromatic heterocycles. The molecule has 0 aliphatic heterocycles. The highest BCUT2D eigenvalue weighted by atomic mass is 15.2. The van der Waals surface area contributed by atoms with Gasteiger partial charge in [0.25, 0.3) is 0 Å². The maximum atomic E-state index is 5.37. The van der Waals surface area contributed by atoms with Gasteiger partial charge >= 0.3 is 0 Å². The van der Waals surface area contributed by atoms with Crippen LogP contribution in [-0.2, 0) is 0 Å². The molecule has 5 nitrogen and oxygen atoms in total. The third-order valence-corrected chi connectivity index (χ3v) is 13.0. The molecule has 66 heavy (non-hydrogen) atoms. The smallest absolute Gasteiger partial charge is 0.238 e. The van der Waals surface area contributed by atoms with E-state index in [1.807, 2.05) is 36.4 Å². The minimum atomic E-state index is 0.558. The number of rotatable bonds is 7. The van der Waals surface area contributed by atoms with Gasteiger partial charge in [-0.15, -0.1) is 0 Å². The van der Waals surface area contributed by atoms with Crippen LogP contribution in [0.4, 0.5) is 0 Å². The number of para-hydroxylation sites is 2. The molecule has 0 bridgehead atoms. The van der Waals surface area contributed by atoms with E-state index in [0.29, 0.717) is 17.6 Å². The van der Waals surface area contributed by atoms with Crippen LogP contribution in [0.2, 0.25) is 0 Å². The third-order valence-electron chi connectivity index (χ3n) is 13.0. The Balaban J connectivity index is 1.07. The molecule has 5 heteroatoms. The van der Waals surface area contributed by atoms with Crippen LogP contribution in [0.15, 0.2) is 237 Å². The molecule has 0 amide bonds. The minimum Gasteiger partial charge on any atom is -0.307 e. The lowest BCUT2D eigenvalue weighted by Gasteiger charge is -2.16.